The van der Waals surface area contributed by atoms with Crippen molar-refractivity contribution in [2.45, 2.75) is 153 Å². The van der Waals surface area contributed by atoms with E-state index in [0.717, 1.165) is 21.9 Å². The molecule has 2 heterocycles. The van der Waals surface area contributed by atoms with Crippen molar-refractivity contribution in [2.75, 3.05) is 58.7 Å². The van der Waals surface area contributed by atoms with Gasteiger partial charge in [0.05, 0.1) is 30.6 Å². The molecule has 1 saturated heterocycles. The third-order valence-corrected chi connectivity index (χ3v) is 17.4. The first-order valence-corrected chi connectivity index (χ1v) is 28.0. The number of nitrogens with one attached hydrogen (secondary N) is 3. The van der Waals surface area contributed by atoms with Gasteiger partial charge in [0.25, 0.3) is 0 Å². The predicted octanol–water partition coefficient (Wildman–Crippen LogP) is 6.98. The molecular formula is C51H78ClN5O14S3. The van der Waals surface area contributed by atoms with Gasteiger partial charge in [0.2, 0.25) is 22.8 Å². The van der Waals surface area contributed by atoms with Crippen LogP contribution in [0.5, 0.6) is 5.75 Å². The van der Waals surface area contributed by atoms with Crippen molar-refractivity contribution in [3.8, 4) is 5.75 Å². The van der Waals surface area contributed by atoms with Crippen molar-refractivity contribution < 1.29 is 67.5 Å². The van der Waals surface area contributed by atoms with Crippen molar-refractivity contribution in [1.82, 2.24) is 20.9 Å². The number of benzene rings is 1. The number of carbonyl (C=O) groups excluding carboxylic acids is 7. The molecule has 2 aliphatic rings. The minimum atomic E-state index is -1.96. The molecule has 1 unspecified atom stereocenters. The largest absolute Gasteiger partial charge is 0.495 e. The average molecular weight is 1120 g/mol. The summed E-state index contributed by atoms with van der Waals surface area (Å²) < 4.78 is 27.5. The van der Waals surface area contributed by atoms with Crippen LogP contribution in [-0.2, 0) is 49.3 Å². The molecule has 1 aromatic carbocycles. The van der Waals surface area contributed by atoms with Gasteiger partial charge in [0.15, 0.2) is 5.72 Å². The molecule has 1 fully saturated rings. The Labute approximate surface area is 453 Å². The molecule has 2 aliphatic heterocycles. The van der Waals surface area contributed by atoms with Gasteiger partial charge >= 0.3 is 18.2 Å². The number of anilines is 1. The predicted molar refractivity (Wildman–Crippen MR) is 290 cm³/mol. The molecule has 0 radical (unpaired) electrons. The number of aliphatic hydroxyl groups is 2. The molecule has 416 valence electrons. The molecule has 74 heavy (non-hydrogen) atoms. The maximum atomic E-state index is 14.3. The first kappa shape index (κ1) is 64.1. The van der Waals surface area contributed by atoms with E-state index in [9.17, 15) is 43.8 Å². The number of rotatable bonds is 18. The molecule has 0 aromatic heterocycles. The number of hydrogen-bond acceptors (Lipinski definition) is 17. The number of allylic oxidation sites excluding steroid dienone is 3. The highest BCUT2D eigenvalue weighted by molar-refractivity contribution is 8.82. The zero-order valence-electron chi connectivity index (χ0n) is 45.2. The lowest BCUT2D eigenvalue weighted by atomic mass is 9.81. The quantitative estimate of drug-likeness (QED) is 0.0431. The van der Waals surface area contributed by atoms with Crippen LogP contribution in [0.1, 0.15) is 107 Å². The van der Waals surface area contributed by atoms with Crippen molar-refractivity contribution in [3.63, 3.8) is 0 Å². The third-order valence-electron chi connectivity index (χ3n) is 12.6. The minimum Gasteiger partial charge on any atom is -0.495 e. The lowest BCUT2D eigenvalue weighted by Crippen LogP contribution is -2.63. The van der Waals surface area contributed by atoms with E-state index in [4.69, 9.17) is 35.3 Å². The highest BCUT2D eigenvalue weighted by atomic mass is 35.5. The Hall–Kier alpha value is -4.19. The highest BCUT2D eigenvalue weighted by Gasteiger charge is 2.49. The Morgan fingerprint density at radius 2 is 1.72 bits per heavy atom. The molecular weight excluding hydrogens is 1040 g/mol. The molecule has 19 nitrogen and oxygen atoms in total. The van der Waals surface area contributed by atoms with Gasteiger partial charge in [-0.2, -0.15) is 0 Å². The van der Waals surface area contributed by atoms with Gasteiger partial charge in [-0.05, 0) is 81.4 Å². The number of carbonyl (C=O) groups is 7. The summed E-state index contributed by atoms with van der Waals surface area (Å²) in [4.78, 5) is 94.4. The number of methoxy groups -OCH3 is 2. The van der Waals surface area contributed by atoms with E-state index >= 15 is 0 Å². The number of nitrogens with zero attached hydrogens (tertiary/aromatic N) is 2. The Bertz CT molecular complexity index is 2220. The van der Waals surface area contributed by atoms with Gasteiger partial charge in [-0.15, -0.1) is 11.8 Å². The molecule has 0 spiro atoms. The molecule has 5 amide bonds. The van der Waals surface area contributed by atoms with Crippen molar-refractivity contribution in [1.29, 1.82) is 0 Å². The van der Waals surface area contributed by atoms with Crippen molar-refractivity contribution in [3.05, 3.63) is 46.5 Å². The van der Waals surface area contributed by atoms with Crippen molar-refractivity contribution in [2.24, 2.45) is 11.3 Å². The van der Waals surface area contributed by atoms with Crippen molar-refractivity contribution >= 4 is 91.6 Å². The van der Waals surface area contributed by atoms with Crippen LogP contribution in [0.15, 0.2) is 35.9 Å². The van der Waals surface area contributed by atoms with Gasteiger partial charge < -0.3 is 54.3 Å². The lowest BCUT2D eigenvalue weighted by molar-refractivity contribution is -0.176. The van der Waals surface area contributed by atoms with Crippen LogP contribution >= 0.6 is 45.0 Å². The second-order valence-corrected chi connectivity index (χ2v) is 25.5. The fourth-order valence-corrected chi connectivity index (χ4v) is 11.2. The first-order valence-electron chi connectivity index (χ1n) is 24.4. The number of halogens is 1. The fourth-order valence-electron chi connectivity index (χ4n) is 7.72. The van der Waals surface area contributed by atoms with Crippen LogP contribution in [0, 0.1) is 11.3 Å². The summed E-state index contributed by atoms with van der Waals surface area (Å²) in [6, 6.07) is 2.30. The summed E-state index contributed by atoms with van der Waals surface area (Å²) in [5, 5.41) is 32.0. The smallest absolute Gasteiger partial charge is 0.409 e. The van der Waals surface area contributed by atoms with E-state index in [1.54, 1.807) is 31.2 Å². The first-order chi connectivity index (χ1) is 34.3. The second-order valence-electron chi connectivity index (χ2n) is 20.8. The Kier molecular flexibility index (Phi) is 24.5. The van der Waals surface area contributed by atoms with Crippen LogP contribution in [0.25, 0.3) is 0 Å². The van der Waals surface area contributed by atoms with Crippen LogP contribution in [0.4, 0.5) is 15.3 Å². The zero-order chi connectivity index (χ0) is 55.9. The van der Waals surface area contributed by atoms with Crippen LogP contribution in [0.2, 0.25) is 5.02 Å². The number of likely N-dealkylation sites (N-methyl/N-ethyl adjacent to an activating group) is 1. The molecule has 3 rings (SSSR count). The number of thioether (sulfide) groups is 1. The molecule has 0 aliphatic carbocycles. The number of alkyl carbamates (subject to hydrolysis) is 2. The summed E-state index contributed by atoms with van der Waals surface area (Å²) >= 11 is 8.12. The van der Waals surface area contributed by atoms with Crippen LogP contribution in [0.3, 0.4) is 0 Å². The number of ether oxygens (including phenoxy) is 5. The van der Waals surface area contributed by atoms with Gasteiger partial charge in [-0.1, -0.05) is 87.7 Å². The molecule has 23 heteroatoms. The third kappa shape index (κ3) is 19.7. The van der Waals surface area contributed by atoms with Gasteiger partial charge in [0, 0.05) is 62.5 Å². The van der Waals surface area contributed by atoms with E-state index in [-0.39, 0.29) is 66.0 Å². The standard InChI is InChI=1S/C51H78ClN5O14S3/c1-30-16-15-17-38(68-14)51(66)27-37(70-47(64)55-51)31(2)26-50(10,65)39(25-42(60)57(12)35-23-34(22-30)24-36(67-13)43(35)52)71-44(61)33(4)56(11)41(59)18-19-49(8,9)72-29-40(58)53-20-21-54-46(63)69-28-32(3)73-74-45(62)48(5,6)7/h15-17,23-24,31-33,37-39,65-66H,18-22,25-29H2,1-14H3,(H,53,58)(H,54,63)(H,55,64)/b17-15+,30-16+/t31-,32-,33-,37-,38+,39-,50?,51-/m0/s1. The summed E-state index contributed by atoms with van der Waals surface area (Å²) in [5.41, 5.74) is -2.42. The number of hydrogen-bond donors (Lipinski definition) is 5. The fraction of sp³-hybridized carbons (Fsp3) is 0.667. The minimum absolute atomic E-state index is 0.00601. The van der Waals surface area contributed by atoms with E-state index in [1.807, 2.05) is 54.5 Å². The van der Waals surface area contributed by atoms with Gasteiger partial charge in [-0.25, -0.2) is 14.4 Å². The van der Waals surface area contributed by atoms with E-state index < -0.39 is 88.2 Å². The molecule has 4 bridgehead atoms. The molecule has 1 aromatic rings. The SMILES string of the molecule is COc1cc2cc(c1Cl)N(C)C(=O)C[C@H](OC(=O)[C@H](C)N(C)C(=O)CCC(C)(C)SCC(=O)NCCNC(=O)OC[C@H](C)SSC(=O)C(C)(C)C)C(C)(O)C[C@H](C)[C@@H]1C[C@@](O)(NC(=O)O1)[C@H](OC)/C=C/C=C(\C)C2. The summed E-state index contributed by atoms with van der Waals surface area (Å²) in [5.74, 6) is -2.46. The summed E-state index contributed by atoms with van der Waals surface area (Å²) in [6.07, 6.45) is -0.0341. The maximum Gasteiger partial charge on any atom is 0.409 e. The van der Waals surface area contributed by atoms with Crippen LogP contribution in [-0.4, -0.2) is 156 Å². The number of fused-ring (bicyclic) bond motifs is 4. The zero-order valence-corrected chi connectivity index (χ0v) is 48.4. The number of amides is 5. The molecule has 5 N–H and O–H groups in total. The highest BCUT2D eigenvalue weighted by Crippen LogP contribution is 2.39. The summed E-state index contributed by atoms with van der Waals surface area (Å²) in [6.45, 7) is 18.0. The van der Waals surface area contributed by atoms with E-state index in [2.05, 4.69) is 16.0 Å². The number of esters is 1. The molecule has 8 atom stereocenters. The summed E-state index contributed by atoms with van der Waals surface area (Å²) in [7, 11) is 8.26. The topological polar surface area (TPSA) is 249 Å². The molecule has 0 saturated carbocycles. The van der Waals surface area contributed by atoms with Gasteiger partial charge in [-0.3, -0.25) is 24.5 Å². The Morgan fingerprint density at radius 1 is 1.05 bits per heavy atom. The normalized spacial score (nSPS) is 24.9. The van der Waals surface area contributed by atoms with E-state index in [1.165, 1.54) is 74.5 Å². The monoisotopic (exact) mass is 1120 g/mol. The average Bonchev–Trinajstić information content (AvgIpc) is 3.32. The van der Waals surface area contributed by atoms with E-state index in [0.29, 0.717) is 24.3 Å². The lowest BCUT2D eigenvalue weighted by Gasteiger charge is -2.43. The maximum absolute atomic E-state index is 14.3. The van der Waals surface area contributed by atoms with Crippen LogP contribution < -0.4 is 25.6 Å². The van der Waals surface area contributed by atoms with Gasteiger partial charge in [0.1, 0.15) is 41.7 Å². The second kappa shape index (κ2) is 28.3. The Morgan fingerprint density at radius 3 is 2.35 bits per heavy atom. The Balaban J connectivity index is 1.69.